The van der Waals surface area contributed by atoms with Gasteiger partial charge >= 0.3 is 0 Å². The van der Waals surface area contributed by atoms with Crippen molar-refractivity contribution in [3.05, 3.63) is 35.4 Å². The molecule has 0 saturated heterocycles. The van der Waals surface area contributed by atoms with E-state index in [0.29, 0.717) is 0 Å². The number of H-pyrrole nitrogens is 1. The first kappa shape index (κ1) is 10.1. The fraction of sp³-hybridized carbons (Fsp3) is 0.182. The Hall–Kier alpha value is -1.48. The molecule has 0 aliphatic rings. The van der Waals surface area contributed by atoms with Gasteiger partial charge in [-0.05, 0) is 17.7 Å². The molecule has 1 aromatic carbocycles. The lowest BCUT2D eigenvalue weighted by molar-refractivity contribution is 1.01. The van der Waals surface area contributed by atoms with Crippen LogP contribution in [-0.2, 0) is 0 Å². The molecule has 0 spiro atoms. The van der Waals surface area contributed by atoms with Crippen LogP contribution in [0, 0.1) is 0 Å². The summed E-state index contributed by atoms with van der Waals surface area (Å²) in [6.07, 6.45) is 0. The normalized spacial score (nSPS) is 10.3. The van der Waals surface area contributed by atoms with E-state index in [0.717, 1.165) is 22.1 Å². The maximum atomic E-state index is 5.82. The van der Waals surface area contributed by atoms with E-state index < -0.39 is 0 Å². The zero-order chi connectivity index (χ0) is 10.8. The van der Waals surface area contributed by atoms with Crippen molar-refractivity contribution in [3.63, 3.8) is 0 Å². The molecule has 0 radical (unpaired) electrons. The number of halogens is 1. The highest BCUT2D eigenvalue weighted by Gasteiger charge is 2.04. The highest BCUT2D eigenvalue weighted by molar-refractivity contribution is 6.30. The minimum Gasteiger partial charge on any atom is -0.361 e. The van der Waals surface area contributed by atoms with Gasteiger partial charge in [0.1, 0.15) is 5.82 Å². The Morgan fingerprint density at radius 2 is 1.87 bits per heavy atom. The molecule has 2 rings (SSSR count). The van der Waals surface area contributed by atoms with Crippen LogP contribution in [0.1, 0.15) is 0 Å². The van der Waals surface area contributed by atoms with E-state index in [-0.39, 0.29) is 0 Å². The van der Waals surface area contributed by atoms with Crippen LogP contribution in [0.25, 0.3) is 11.3 Å². The summed E-state index contributed by atoms with van der Waals surface area (Å²) in [6.45, 7) is 0. The largest absolute Gasteiger partial charge is 0.361 e. The SMILES string of the molecule is CN(C)c1cc(-c2ccc(Cl)cc2)[nH]n1. The Labute approximate surface area is 93.7 Å². The topological polar surface area (TPSA) is 31.9 Å². The Kier molecular flexibility index (Phi) is 2.64. The van der Waals surface area contributed by atoms with Crippen LogP contribution in [-0.4, -0.2) is 24.3 Å². The molecular weight excluding hydrogens is 210 g/mol. The molecule has 4 heteroatoms. The summed E-state index contributed by atoms with van der Waals surface area (Å²) < 4.78 is 0. The van der Waals surface area contributed by atoms with Crippen LogP contribution >= 0.6 is 11.6 Å². The van der Waals surface area contributed by atoms with E-state index in [9.17, 15) is 0 Å². The van der Waals surface area contributed by atoms with Crippen LogP contribution in [0.2, 0.25) is 5.02 Å². The summed E-state index contributed by atoms with van der Waals surface area (Å²) in [7, 11) is 3.92. The minimum absolute atomic E-state index is 0.742. The molecule has 0 unspecified atom stereocenters. The van der Waals surface area contributed by atoms with Crippen molar-refractivity contribution >= 4 is 17.4 Å². The van der Waals surface area contributed by atoms with E-state index in [1.54, 1.807) is 0 Å². The molecule has 0 bridgehead atoms. The standard InChI is InChI=1S/C11H12ClN3/c1-15(2)11-7-10(13-14-11)8-3-5-9(12)6-4-8/h3-7H,1-2H3,(H,13,14). The van der Waals surface area contributed by atoms with Gasteiger partial charge in [0.2, 0.25) is 0 Å². The number of hydrogen-bond acceptors (Lipinski definition) is 2. The average molecular weight is 222 g/mol. The Morgan fingerprint density at radius 1 is 1.20 bits per heavy atom. The molecule has 1 N–H and O–H groups in total. The molecule has 3 nitrogen and oxygen atoms in total. The maximum absolute atomic E-state index is 5.82. The van der Waals surface area contributed by atoms with Gasteiger partial charge in [0.05, 0.1) is 5.69 Å². The number of nitrogens with one attached hydrogen (secondary N) is 1. The molecule has 78 valence electrons. The van der Waals surface area contributed by atoms with Crippen molar-refractivity contribution in [2.24, 2.45) is 0 Å². The molecule has 15 heavy (non-hydrogen) atoms. The number of rotatable bonds is 2. The molecule has 1 heterocycles. The first-order valence-electron chi connectivity index (χ1n) is 4.65. The molecule has 0 amide bonds. The number of benzene rings is 1. The Balaban J connectivity index is 2.33. The van der Waals surface area contributed by atoms with Gasteiger partial charge in [-0.2, -0.15) is 5.10 Å². The third-order valence-electron chi connectivity index (χ3n) is 2.18. The zero-order valence-electron chi connectivity index (χ0n) is 8.66. The molecule has 1 aromatic heterocycles. The molecule has 0 fully saturated rings. The van der Waals surface area contributed by atoms with Crippen molar-refractivity contribution < 1.29 is 0 Å². The monoisotopic (exact) mass is 221 g/mol. The van der Waals surface area contributed by atoms with Crippen molar-refractivity contribution in [1.82, 2.24) is 10.2 Å². The summed E-state index contributed by atoms with van der Waals surface area (Å²) in [4.78, 5) is 1.95. The number of hydrogen-bond donors (Lipinski definition) is 1. The number of anilines is 1. The molecule has 0 atom stereocenters. The summed E-state index contributed by atoms with van der Waals surface area (Å²) in [6, 6.07) is 9.67. The van der Waals surface area contributed by atoms with Gasteiger partial charge in [0.25, 0.3) is 0 Å². The van der Waals surface area contributed by atoms with Gasteiger partial charge in [-0.25, -0.2) is 0 Å². The third kappa shape index (κ3) is 2.13. The third-order valence-corrected chi connectivity index (χ3v) is 2.43. The van der Waals surface area contributed by atoms with Gasteiger partial charge in [-0.3, -0.25) is 5.10 Å². The second-order valence-corrected chi connectivity index (χ2v) is 3.98. The van der Waals surface area contributed by atoms with Crippen LogP contribution in [0.5, 0.6) is 0 Å². The fourth-order valence-electron chi connectivity index (χ4n) is 1.32. The highest BCUT2D eigenvalue weighted by atomic mass is 35.5. The van der Waals surface area contributed by atoms with Crippen molar-refractivity contribution in [3.8, 4) is 11.3 Å². The lowest BCUT2D eigenvalue weighted by atomic mass is 10.1. The summed E-state index contributed by atoms with van der Waals surface area (Å²) >= 11 is 5.82. The average Bonchev–Trinajstić information content (AvgIpc) is 2.68. The van der Waals surface area contributed by atoms with Crippen LogP contribution in [0.3, 0.4) is 0 Å². The highest BCUT2D eigenvalue weighted by Crippen LogP contribution is 2.22. The van der Waals surface area contributed by atoms with Gasteiger partial charge in [0, 0.05) is 25.2 Å². The van der Waals surface area contributed by atoms with Crippen molar-refractivity contribution in [2.75, 3.05) is 19.0 Å². The van der Waals surface area contributed by atoms with Crippen molar-refractivity contribution in [1.29, 1.82) is 0 Å². The second kappa shape index (κ2) is 3.95. The lowest BCUT2D eigenvalue weighted by Gasteiger charge is -2.05. The number of aromatic nitrogens is 2. The first-order valence-corrected chi connectivity index (χ1v) is 5.03. The van der Waals surface area contributed by atoms with E-state index >= 15 is 0 Å². The van der Waals surface area contributed by atoms with E-state index in [4.69, 9.17) is 11.6 Å². The van der Waals surface area contributed by atoms with Gasteiger partial charge < -0.3 is 4.90 Å². The van der Waals surface area contributed by atoms with Gasteiger partial charge in [0.15, 0.2) is 0 Å². The zero-order valence-corrected chi connectivity index (χ0v) is 9.42. The Bertz CT molecular complexity index is 445. The first-order chi connectivity index (χ1) is 7.16. The predicted molar refractivity (Wildman–Crippen MR) is 63.4 cm³/mol. The van der Waals surface area contributed by atoms with Crippen LogP contribution < -0.4 is 4.90 Å². The molecule has 0 aliphatic heterocycles. The number of nitrogens with zero attached hydrogens (tertiary/aromatic N) is 2. The number of aromatic amines is 1. The quantitative estimate of drug-likeness (QED) is 0.846. The lowest BCUT2D eigenvalue weighted by Crippen LogP contribution is -2.08. The van der Waals surface area contributed by atoms with E-state index in [2.05, 4.69) is 10.2 Å². The Morgan fingerprint density at radius 3 is 2.40 bits per heavy atom. The minimum atomic E-state index is 0.742. The maximum Gasteiger partial charge on any atom is 0.150 e. The predicted octanol–water partition coefficient (Wildman–Crippen LogP) is 2.80. The van der Waals surface area contributed by atoms with Crippen LogP contribution in [0.15, 0.2) is 30.3 Å². The van der Waals surface area contributed by atoms with Gasteiger partial charge in [-0.15, -0.1) is 0 Å². The van der Waals surface area contributed by atoms with Gasteiger partial charge in [-0.1, -0.05) is 23.7 Å². The fourth-order valence-corrected chi connectivity index (χ4v) is 1.44. The summed E-state index contributed by atoms with van der Waals surface area (Å²) in [5, 5.41) is 7.91. The summed E-state index contributed by atoms with van der Waals surface area (Å²) in [5.41, 5.74) is 2.08. The van der Waals surface area contributed by atoms with Crippen LogP contribution in [0.4, 0.5) is 5.82 Å². The smallest absolute Gasteiger partial charge is 0.150 e. The van der Waals surface area contributed by atoms with E-state index in [1.807, 2.05) is 49.3 Å². The molecule has 0 saturated carbocycles. The summed E-state index contributed by atoms with van der Waals surface area (Å²) in [5.74, 6) is 0.917. The molecule has 2 aromatic rings. The second-order valence-electron chi connectivity index (χ2n) is 3.54. The van der Waals surface area contributed by atoms with E-state index in [1.165, 1.54) is 0 Å². The molecule has 0 aliphatic carbocycles. The van der Waals surface area contributed by atoms with Crippen molar-refractivity contribution in [2.45, 2.75) is 0 Å². The molecular formula is C11H12ClN3.